The summed E-state index contributed by atoms with van der Waals surface area (Å²) in [5.41, 5.74) is 15.1. The van der Waals surface area contributed by atoms with Crippen LogP contribution in [0.1, 0.15) is 44.2 Å². The molecule has 2 heteroatoms. The Morgan fingerprint density at radius 1 is 0.727 bits per heavy atom. The molecule has 0 radical (unpaired) electrons. The standard InChI is InChI=1S/C20H26N2/c1-18(2)13-14-19(20(21,22)15-18,16-9-5-3-6-10-16)17-11-7-4-8-12-17/h3-12H,13-15,21-22H2,1-2H3. The minimum absolute atomic E-state index is 0.177. The Kier molecular flexibility index (Phi) is 3.62. The van der Waals surface area contributed by atoms with Gasteiger partial charge in [-0.3, -0.25) is 0 Å². The van der Waals surface area contributed by atoms with Gasteiger partial charge in [-0.2, -0.15) is 0 Å². The van der Waals surface area contributed by atoms with Gasteiger partial charge in [-0.25, -0.2) is 0 Å². The van der Waals surface area contributed by atoms with E-state index in [1.165, 1.54) is 11.1 Å². The number of benzene rings is 2. The van der Waals surface area contributed by atoms with E-state index >= 15 is 0 Å². The van der Waals surface area contributed by atoms with Crippen molar-refractivity contribution in [1.82, 2.24) is 0 Å². The molecular weight excluding hydrogens is 268 g/mol. The molecule has 2 nitrogen and oxygen atoms in total. The fraction of sp³-hybridized carbons (Fsp3) is 0.400. The third-order valence-corrected chi connectivity index (χ3v) is 5.28. The van der Waals surface area contributed by atoms with Gasteiger partial charge in [0.1, 0.15) is 0 Å². The first-order chi connectivity index (χ1) is 10.4. The highest BCUT2D eigenvalue weighted by molar-refractivity contribution is 5.44. The minimum Gasteiger partial charge on any atom is -0.312 e. The zero-order valence-electron chi connectivity index (χ0n) is 13.5. The van der Waals surface area contributed by atoms with Crippen LogP contribution in [0.3, 0.4) is 0 Å². The average molecular weight is 294 g/mol. The van der Waals surface area contributed by atoms with Crippen molar-refractivity contribution in [2.45, 2.75) is 44.2 Å². The lowest BCUT2D eigenvalue weighted by molar-refractivity contribution is 0.0856. The molecule has 3 rings (SSSR count). The highest BCUT2D eigenvalue weighted by Crippen LogP contribution is 2.52. The van der Waals surface area contributed by atoms with E-state index in [2.05, 4.69) is 62.4 Å². The summed E-state index contributed by atoms with van der Waals surface area (Å²) in [6.45, 7) is 4.53. The molecule has 0 aromatic heterocycles. The molecule has 0 spiro atoms. The second kappa shape index (κ2) is 5.22. The molecule has 0 amide bonds. The molecule has 0 bridgehead atoms. The van der Waals surface area contributed by atoms with Crippen LogP contribution in [0.25, 0.3) is 0 Å². The van der Waals surface area contributed by atoms with Crippen LogP contribution in [0.5, 0.6) is 0 Å². The lowest BCUT2D eigenvalue weighted by Gasteiger charge is -2.55. The average Bonchev–Trinajstić information content (AvgIpc) is 2.48. The number of hydrogen-bond acceptors (Lipinski definition) is 2. The molecule has 1 fully saturated rings. The minimum atomic E-state index is -0.766. The molecule has 116 valence electrons. The maximum absolute atomic E-state index is 6.77. The summed E-state index contributed by atoms with van der Waals surface area (Å²) in [5, 5.41) is 0. The van der Waals surface area contributed by atoms with Crippen molar-refractivity contribution < 1.29 is 0 Å². The molecule has 0 aliphatic heterocycles. The molecule has 2 aromatic rings. The Morgan fingerprint density at radius 3 is 1.59 bits per heavy atom. The van der Waals surface area contributed by atoms with E-state index in [1.807, 2.05) is 12.1 Å². The summed E-state index contributed by atoms with van der Waals surface area (Å²) >= 11 is 0. The molecule has 4 N–H and O–H groups in total. The molecule has 1 aliphatic rings. The Hall–Kier alpha value is -1.64. The quantitative estimate of drug-likeness (QED) is 0.828. The molecule has 1 aliphatic carbocycles. The van der Waals surface area contributed by atoms with E-state index in [1.54, 1.807) is 0 Å². The summed E-state index contributed by atoms with van der Waals surface area (Å²) in [6.07, 6.45) is 2.90. The van der Waals surface area contributed by atoms with Crippen molar-refractivity contribution in [3.8, 4) is 0 Å². The monoisotopic (exact) mass is 294 g/mol. The fourth-order valence-electron chi connectivity index (χ4n) is 4.23. The first kappa shape index (κ1) is 15.3. The molecule has 0 saturated heterocycles. The third-order valence-electron chi connectivity index (χ3n) is 5.28. The van der Waals surface area contributed by atoms with Gasteiger partial charge in [-0.05, 0) is 35.8 Å². The van der Waals surface area contributed by atoms with E-state index in [0.29, 0.717) is 0 Å². The summed E-state index contributed by atoms with van der Waals surface area (Å²) in [4.78, 5) is 0. The van der Waals surface area contributed by atoms with Crippen molar-refractivity contribution in [1.29, 1.82) is 0 Å². The van der Waals surface area contributed by atoms with Crippen LogP contribution in [0.15, 0.2) is 60.7 Å². The molecule has 0 heterocycles. The molecule has 0 unspecified atom stereocenters. The van der Waals surface area contributed by atoms with Gasteiger partial charge in [-0.15, -0.1) is 0 Å². The Morgan fingerprint density at radius 2 is 1.18 bits per heavy atom. The fourth-order valence-corrected chi connectivity index (χ4v) is 4.23. The Balaban J connectivity index is 2.21. The summed E-state index contributed by atoms with van der Waals surface area (Å²) in [5.74, 6) is 0. The highest BCUT2D eigenvalue weighted by atomic mass is 15.0. The van der Waals surface area contributed by atoms with Gasteiger partial charge in [0.2, 0.25) is 0 Å². The molecular formula is C20H26N2. The SMILES string of the molecule is CC1(C)CCC(c2ccccc2)(c2ccccc2)C(N)(N)C1. The second-order valence-corrected chi connectivity index (χ2v) is 7.52. The van der Waals surface area contributed by atoms with Crippen LogP contribution in [0, 0.1) is 5.41 Å². The molecule has 0 atom stereocenters. The number of rotatable bonds is 2. The zero-order valence-corrected chi connectivity index (χ0v) is 13.5. The predicted molar refractivity (Wildman–Crippen MR) is 92.4 cm³/mol. The van der Waals surface area contributed by atoms with Gasteiger partial charge in [-0.1, -0.05) is 74.5 Å². The summed E-state index contributed by atoms with van der Waals surface area (Å²) < 4.78 is 0. The smallest absolute Gasteiger partial charge is 0.0782 e. The van der Waals surface area contributed by atoms with E-state index in [9.17, 15) is 0 Å². The van der Waals surface area contributed by atoms with Gasteiger partial charge in [0.25, 0.3) is 0 Å². The number of hydrogen-bond donors (Lipinski definition) is 2. The predicted octanol–water partition coefficient (Wildman–Crippen LogP) is 3.80. The lowest BCUT2D eigenvalue weighted by Crippen LogP contribution is -2.69. The molecule has 22 heavy (non-hydrogen) atoms. The summed E-state index contributed by atoms with van der Waals surface area (Å²) in [6, 6.07) is 21.1. The van der Waals surface area contributed by atoms with Gasteiger partial charge in [0, 0.05) is 0 Å². The van der Waals surface area contributed by atoms with Crippen molar-refractivity contribution in [2.75, 3.05) is 0 Å². The lowest BCUT2D eigenvalue weighted by atomic mass is 9.54. The first-order valence-corrected chi connectivity index (χ1v) is 8.06. The Labute approximate surface area is 133 Å². The largest absolute Gasteiger partial charge is 0.312 e. The van der Waals surface area contributed by atoms with Crippen molar-refractivity contribution >= 4 is 0 Å². The van der Waals surface area contributed by atoms with E-state index in [4.69, 9.17) is 11.5 Å². The molecule has 2 aromatic carbocycles. The number of nitrogens with two attached hydrogens (primary N) is 2. The zero-order chi connectivity index (χ0) is 15.8. The van der Waals surface area contributed by atoms with Crippen LogP contribution in [0.2, 0.25) is 0 Å². The maximum atomic E-state index is 6.77. The van der Waals surface area contributed by atoms with Gasteiger partial charge in [0.15, 0.2) is 0 Å². The third kappa shape index (κ3) is 2.37. The van der Waals surface area contributed by atoms with Gasteiger partial charge >= 0.3 is 0 Å². The van der Waals surface area contributed by atoms with Crippen LogP contribution in [0.4, 0.5) is 0 Å². The van der Waals surface area contributed by atoms with E-state index < -0.39 is 5.66 Å². The van der Waals surface area contributed by atoms with Crippen molar-refractivity contribution in [2.24, 2.45) is 16.9 Å². The first-order valence-electron chi connectivity index (χ1n) is 8.06. The summed E-state index contributed by atoms with van der Waals surface area (Å²) in [7, 11) is 0. The van der Waals surface area contributed by atoms with Crippen LogP contribution in [-0.4, -0.2) is 5.66 Å². The van der Waals surface area contributed by atoms with Crippen molar-refractivity contribution in [3.05, 3.63) is 71.8 Å². The van der Waals surface area contributed by atoms with Crippen LogP contribution in [-0.2, 0) is 5.41 Å². The topological polar surface area (TPSA) is 52.0 Å². The Bertz CT molecular complexity index is 590. The van der Waals surface area contributed by atoms with E-state index in [0.717, 1.165) is 19.3 Å². The molecule has 1 saturated carbocycles. The van der Waals surface area contributed by atoms with Crippen LogP contribution >= 0.6 is 0 Å². The van der Waals surface area contributed by atoms with E-state index in [-0.39, 0.29) is 10.8 Å². The van der Waals surface area contributed by atoms with Gasteiger partial charge in [0.05, 0.1) is 11.1 Å². The highest BCUT2D eigenvalue weighted by Gasteiger charge is 2.54. The maximum Gasteiger partial charge on any atom is 0.0782 e. The second-order valence-electron chi connectivity index (χ2n) is 7.52. The van der Waals surface area contributed by atoms with Crippen LogP contribution < -0.4 is 11.5 Å². The normalized spacial score (nSPS) is 22.2. The van der Waals surface area contributed by atoms with Crippen molar-refractivity contribution in [3.63, 3.8) is 0 Å². The van der Waals surface area contributed by atoms with Gasteiger partial charge < -0.3 is 11.5 Å².